The molecule has 3 nitrogen and oxygen atoms in total. The van der Waals surface area contributed by atoms with Gasteiger partial charge in [0.15, 0.2) is 0 Å². The number of carboxylic acid groups (broad SMARTS) is 1. The number of aromatic carboxylic acids is 1. The topological polar surface area (TPSA) is 46.5 Å². The molecule has 3 aromatic rings. The number of halogens is 1. The molecule has 126 valence electrons. The van der Waals surface area contributed by atoms with E-state index in [-0.39, 0.29) is 10.6 Å². The zero-order valence-corrected chi connectivity index (χ0v) is 14.8. The molecule has 5 heteroatoms. The summed E-state index contributed by atoms with van der Waals surface area (Å²) in [6, 6.07) is 22.7. The van der Waals surface area contributed by atoms with Crippen molar-refractivity contribution in [2.24, 2.45) is 0 Å². The average Bonchev–Trinajstić information content (AvgIpc) is 2.61. The fraction of sp³-hybridized carbons (Fsp3) is 0.0500. The molecule has 0 radical (unpaired) electrons. The molecule has 0 spiro atoms. The van der Waals surface area contributed by atoms with Crippen LogP contribution in [-0.2, 0) is 6.61 Å². The van der Waals surface area contributed by atoms with Crippen molar-refractivity contribution in [1.29, 1.82) is 0 Å². The summed E-state index contributed by atoms with van der Waals surface area (Å²) in [5.41, 5.74) is 1.21. The maximum absolute atomic E-state index is 11.0. The Labute approximate surface area is 155 Å². The lowest BCUT2D eigenvalue weighted by atomic mass is 10.2. The molecule has 25 heavy (non-hydrogen) atoms. The van der Waals surface area contributed by atoms with Gasteiger partial charge >= 0.3 is 5.97 Å². The highest BCUT2D eigenvalue weighted by Gasteiger charge is 2.09. The number of rotatable bonds is 6. The smallest absolute Gasteiger partial charge is 0.337 e. The number of ether oxygens (including phenoxy) is 1. The van der Waals surface area contributed by atoms with Crippen molar-refractivity contribution < 1.29 is 14.6 Å². The number of benzene rings is 3. The Balaban J connectivity index is 1.69. The Morgan fingerprint density at radius 1 is 0.960 bits per heavy atom. The van der Waals surface area contributed by atoms with E-state index >= 15 is 0 Å². The van der Waals surface area contributed by atoms with Crippen LogP contribution in [0.2, 0.25) is 5.02 Å². The van der Waals surface area contributed by atoms with E-state index in [4.69, 9.17) is 21.4 Å². The molecule has 0 unspecified atom stereocenters. The lowest BCUT2D eigenvalue weighted by Gasteiger charge is -2.09. The lowest BCUT2D eigenvalue weighted by molar-refractivity contribution is 0.0697. The molecule has 0 aliphatic heterocycles. The lowest BCUT2D eigenvalue weighted by Crippen LogP contribution is -1.96. The zero-order valence-electron chi connectivity index (χ0n) is 13.2. The van der Waals surface area contributed by atoms with E-state index in [0.717, 1.165) is 21.1 Å². The van der Waals surface area contributed by atoms with Crippen molar-refractivity contribution in [1.82, 2.24) is 0 Å². The van der Waals surface area contributed by atoms with Gasteiger partial charge in [-0.3, -0.25) is 0 Å². The highest BCUT2D eigenvalue weighted by Crippen LogP contribution is 2.32. The molecule has 3 rings (SSSR count). The second-order valence-corrected chi connectivity index (χ2v) is 6.85. The first kappa shape index (κ1) is 17.4. The number of carboxylic acids is 1. The third-order valence-corrected chi connectivity index (χ3v) is 4.75. The molecular formula is C20H15ClO3S. The first-order valence-electron chi connectivity index (χ1n) is 7.59. The third kappa shape index (κ3) is 4.78. The summed E-state index contributed by atoms with van der Waals surface area (Å²) in [5, 5.41) is 9.26. The quantitative estimate of drug-likeness (QED) is 0.598. The summed E-state index contributed by atoms with van der Waals surface area (Å²) in [7, 11) is 0. The van der Waals surface area contributed by atoms with Crippen LogP contribution in [0.3, 0.4) is 0 Å². The molecule has 1 N–H and O–H groups in total. The van der Waals surface area contributed by atoms with Crippen molar-refractivity contribution in [2.75, 3.05) is 0 Å². The van der Waals surface area contributed by atoms with Crippen LogP contribution in [0, 0.1) is 0 Å². The predicted molar refractivity (Wildman–Crippen MR) is 99.8 cm³/mol. The Kier molecular flexibility index (Phi) is 5.64. The van der Waals surface area contributed by atoms with Gasteiger partial charge in [-0.25, -0.2) is 4.79 Å². The van der Waals surface area contributed by atoms with Crippen LogP contribution in [0.1, 0.15) is 15.9 Å². The van der Waals surface area contributed by atoms with E-state index in [1.807, 2.05) is 54.6 Å². The van der Waals surface area contributed by atoms with Crippen molar-refractivity contribution in [3.05, 3.63) is 88.9 Å². The van der Waals surface area contributed by atoms with E-state index in [1.54, 1.807) is 12.1 Å². The van der Waals surface area contributed by atoms with Gasteiger partial charge in [0.1, 0.15) is 12.4 Å². The van der Waals surface area contributed by atoms with Crippen LogP contribution in [0.15, 0.2) is 82.6 Å². The van der Waals surface area contributed by atoms with E-state index in [1.165, 1.54) is 17.8 Å². The largest absolute Gasteiger partial charge is 0.489 e. The first-order chi connectivity index (χ1) is 12.1. The van der Waals surface area contributed by atoms with Gasteiger partial charge in [-0.05, 0) is 42.0 Å². The maximum Gasteiger partial charge on any atom is 0.337 e. The molecule has 0 fully saturated rings. The number of hydrogen-bond acceptors (Lipinski definition) is 3. The van der Waals surface area contributed by atoms with Gasteiger partial charge in [0.2, 0.25) is 0 Å². The minimum absolute atomic E-state index is 0.103. The molecule has 0 saturated heterocycles. The SMILES string of the molecule is O=C(O)c1ccc(Sc2cccc(OCc3ccccc3)c2)cc1Cl. The van der Waals surface area contributed by atoms with Gasteiger partial charge in [0.25, 0.3) is 0 Å². The van der Waals surface area contributed by atoms with Crippen LogP contribution >= 0.6 is 23.4 Å². The molecule has 0 atom stereocenters. The Bertz CT molecular complexity index is 881. The number of carbonyl (C=O) groups is 1. The van der Waals surface area contributed by atoms with Gasteiger partial charge in [-0.15, -0.1) is 0 Å². The van der Waals surface area contributed by atoms with Crippen molar-refractivity contribution in [2.45, 2.75) is 16.4 Å². The maximum atomic E-state index is 11.0. The van der Waals surface area contributed by atoms with Gasteiger partial charge < -0.3 is 9.84 Å². The molecule has 0 aliphatic rings. The summed E-state index contributed by atoms with van der Waals surface area (Å²) in [4.78, 5) is 12.9. The molecule has 0 heterocycles. The van der Waals surface area contributed by atoms with E-state index in [9.17, 15) is 4.79 Å². The van der Waals surface area contributed by atoms with E-state index in [2.05, 4.69) is 0 Å². The average molecular weight is 371 g/mol. The Hall–Kier alpha value is -2.43. The van der Waals surface area contributed by atoms with Crippen molar-refractivity contribution in [3.63, 3.8) is 0 Å². The van der Waals surface area contributed by atoms with E-state index < -0.39 is 5.97 Å². The fourth-order valence-electron chi connectivity index (χ4n) is 2.24. The minimum atomic E-state index is -1.03. The van der Waals surface area contributed by atoms with Crippen molar-refractivity contribution >= 4 is 29.3 Å². The van der Waals surface area contributed by atoms with Gasteiger partial charge in [0.05, 0.1) is 10.6 Å². The molecule has 0 amide bonds. The molecule has 0 bridgehead atoms. The second-order valence-electron chi connectivity index (χ2n) is 5.30. The summed E-state index contributed by atoms with van der Waals surface area (Å²) >= 11 is 7.52. The van der Waals surface area contributed by atoms with Crippen molar-refractivity contribution in [3.8, 4) is 5.75 Å². The van der Waals surface area contributed by atoms with Crippen LogP contribution in [0.25, 0.3) is 0 Å². The molecule has 0 saturated carbocycles. The van der Waals surface area contributed by atoms with Gasteiger partial charge in [-0.2, -0.15) is 0 Å². The monoisotopic (exact) mass is 370 g/mol. The van der Waals surface area contributed by atoms with Crippen LogP contribution in [0.5, 0.6) is 5.75 Å². The summed E-state index contributed by atoms with van der Waals surface area (Å²) in [5.74, 6) is -0.250. The van der Waals surface area contributed by atoms with Crippen LogP contribution < -0.4 is 4.74 Å². The fourth-order valence-corrected chi connectivity index (χ4v) is 3.47. The normalized spacial score (nSPS) is 10.4. The molecule has 0 aromatic heterocycles. The molecule has 0 aliphatic carbocycles. The summed E-state index contributed by atoms with van der Waals surface area (Å²) in [6.45, 7) is 0.508. The predicted octanol–water partition coefficient (Wildman–Crippen LogP) is 5.77. The van der Waals surface area contributed by atoms with Gasteiger partial charge in [0, 0.05) is 9.79 Å². The van der Waals surface area contributed by atoms with E-state index in [0.29, 0.717) is 6.61 Å². The summed E-state index contributed by atoms with van der Waals surface area (Å²) < 4.78 is 5.83. The van der Waals surface area contributed by atoms with Crippen LogP contribution in [-0.4, -0.2) is 11.1 Å². The van der Waals surface area contributed by atoms with Crippen LogP contribution in [0.4, 0.5) is 0 Å². The number of hydrogen-bond donors (Lipinski definition) is 1. The van der Waals surface area contributed by atoms with Gasteiger partial charge in [-0.1, -0.05) is 59.8 Å². The highest BCUT2D eigenvalue weighted by atomic mass is 35.5. The standard InChI is InChI=1S/C20H15ClO3S/c21-19-12-17(9-10-18(19)20(22)23)25-16-8-4-7-15(11-16)24-13-14-5-2-1-3-6-14/h1-12H,13H2,(H,22,23). The Morgan fingerprint density at radius 3 is 2.44 bits per heavy atom. The Morgan fingerprint density at radius 2 is 1.72 bits per heavy atom. The zero-order chi connectivity index (χ0) is 17.6. The highest BCUT2D eigenvalue weighted by molar-refractivity contribution is 7.99. The second kappa shape index (κ2) is 8.10. The first-order valence-corrected chi connectivity index (χ1v) is 8.79. The molecule has 3 aromatic carbocycles. The third-order valence-electron chi connectivity index (χ3n) is 3.46. The minimum Gasteiger partial charge on any atom is -0.489 e. The molecular weight excluding hydrogens is 356 g/mol. The summed E-state index contributed by atoms with van der Waals surface area (Å²) in [6.07, 6.45) is 0.